The van der Waals surface area contributed by atoms with E-state index in [1.807, 2.05) is 6.92 Å². The fourth-order valence-electron chi connectivity index (χ4n) is 2.86. The normalized spacial score (nSPS) is 28.4. The Labute approximate surface area is 139 Å². The first kappa shape index (κ1) is 17.0. The summed E-state index contributed by atoms with van der Waals surface area (Å²) in [6.45, 7) is 4.44. The van der Waals surface area contributed by atoms with Crippen molar-refractivity contribution in [3.05, 3.63) is 22.7 Å². The van der Waals surface area contributed by atoms with Crippen LogP contribution in [0.3, 0.4) is 0 Å². The summed E-state index contributed by atoms with van der Waals surface area (Å²) in [7, 11) is 0. The first-order valence-electron chi connectivity index (χ1n) is 8.00. The van der Waals surface area contributed by atoms with Crippen LogP contribution in [0.15, 0.2) is 22.1 Å². The molecule has 0 bridgehead atoms. The topological polar surface area (TPSA) is 109 Å². The van der Waals surface area contributed by atoms with Gasteiger partial charge in [-0.3, -0.25) is 4.57 Å². The third-order valence-electron chi connectivity index (χ3n) is 4.25. The summed E-state index contributed by atoms with van der Waals surface area (Å²) in [5.41, 5.74) is -0.498. The lowest BCUT2D eigenvalue weighted by Crippen LogP contribution is -2.39. The number of hydrogen-bond acceptors (Lipinski definition) is 7. The van der Waals surface area contributed by atoms with Crippen LogP contribution < -0.4 is 5.69 Å². The van der Waals surface area contributed by atoms with Crippen LogP contribution in [0.1, 0.15) is 19.6 Å². The molecule has 9 heteroatoms. The summed E-state index contributed by atoms with van der Waals surface area (Å²) in [5, 5.41) is 18.9. The van der Waals surface area contributed by atoms with Crippen LogP contribution in [0.4, 0.5) is 5.82 Å². The lowest BCUT2D eigenvalue weighted by atomic mass is 10.2. The minimum atomic E-state index is -0.798. The molecule has 3 heterocycles. The smallest absolute Gasteiger partial charge is 0.351 e. The Bertz CT molecular complexity index is 656. The molecule has 132 valence electrons. The van der Waals surface area contributed by atoms with Gasteiger partial charge in [-0.05, 0) is 13.0 Å². The average Bonchev–Trinajstić information content (AvgIpc) is 2.96. The third-order valence-corrected chi connectivity index (χ3v) is 4.25. The standard InChI is InChI=1S/C15H22N4O5/c1-10(18-4-6-23-7-5-18)16-13-2-3-19(15(22)17-13)14-8-11(21)12(9-20)24-14/h2-3,11-12,14,20-21H,4-9H2,1H3/t11-,12+,14+/m0/s1. The molecule has 1 aromatic heterocycles. The van der Waals surface area contributed by atoms with Gasteiger partial charge in [0, 0.05) is 25.7 Å². The van der Waals surface area contributed by atoms with E-state index < -0.39 is 24.1 Å². The number of ether oxygens (including phenoxy) is 2. The largest absolute Gasteiger partial charge is 0.394 e. The average molecular weight is 338 g/mol. The van der Waals surface area contributed by atoms with Crippen molar-refractivity contribution in [1.82, 2.24) is 14.5 Å². The molecule has 0 aromatic carbocycles. The first-order valence-corrected chi connectivity index (χ1v) is 8.00. The maximum Gasteiger partial charge on any atom is 0.351 e. The number of aliphatic hydroxyl groups excluding tert-OH is 2. The van der Waals surface area contributed by atoms with Crippen molar-refractivity contribution in [1.29, 1.82) is 0 Å². The zero-order valence-corrected chi connectivity index (χ0v) is 13.5. The highest BCUT2D eigenvalue weighted by molar-refractivity contribution is 5.82. The molecule has 0 amide bonds. The molecule has 0 radical (unpaired) electrons. The highest BCUT2D eigenvalue weighted by Gasteiger charge is 2.34. The molecular weight excluding hydrogens is 316 g/mol. The van der Waals surface area contributed by atoms with Gasteiger partial charge in [0.15, 0.2) is 5.82 Å². The van der Waals surface area contributed by atoms with E-state index in [0.717, 1.165) is 18.9 Å². The van der Waals surface area contributed by atoms with Crippen LogP contribution in [0.5, 0.6) is 0 Å². The summed E-state index contributed by atoms with van der Waals surface area (Å²) in [6.07, 6.45) is -0.313. The van der Waals surface area contributed by atoms with Gasteiger partial charge in [0.1, 0.15) is 18.2 Å². The lowest BCUT2D eigenvalue weighted by molar-refractivity contribution is -0.0458. The molecule has 1 aromatic rings. The van der Waals surface area contributed by atoms with E-state index in [9.17, 15) is 9.90 Å². The number of aliphatic hydroxyl groups is 2. The zero-order chi connectivity index (χ0) is 17.1. The van der Waals surface area contributed by atoms with Crippen LogP contribution in [-0.4, -0.2) is 75.6 Å². The molecule has 2 saturated heterocycles. The highest BCUT2D eigenvalue weighted by Crippen LogP contribution is 2.27. The van der Waals surface area contributed by atoms with Crippen LogP contribution in [0.25, 0.3) is 0 Å². The molecule has 3 atom stereocenters. The highest BCUT2D eigenvalue weighted by atomic mass is 16.5. The quantitative estimate of drug-likeness (QED) is 0.552. The zero-order valence-electron chi connectivity index (χ0n) is 13.5. The molecule has 0 unspecified atom stereocenters. The molecule has 2 aliphatic heterocycles. The number of aromatic nitrogens is 2. The Balaban J connectivity index is 1.74. The number of amidine groups is 1. The van der Waals surface area contributed by atoms with Crippen LogP contribution >= 0.6 is 0 Å². The Kier molecular flexibility index (Phi) is 5.24. The van der Waals surface area contributed by atoms with Crippen molar-refractivity contribution >= 4 is 11.7 Å². The van der Waals surface area contributed by atoms with Crippen molar-refractivity contribution in [3.8, 4) is 0 Å². The summed E-state index contributed by atoms with van der Waals surface area (Å²) in [4.78, 5) is 22.6. The van der Waals surface area contributed by atoms with Crippen molar-refractivity contribution in [2.75, 3.05) is 32.9 Å². The molecule has 0 saturated carbocycles. The molecule has 0 spiro atoms. The maximum atomic E-state index is 12.2. The van der Waals surface area contributed by atoms with Crippen molar-refractivity contribution in [2.24, 2.45) is 4.99 Å². The van der Waals surface area contributed by atoms with Crippen molar-refractivity contribution < 1.29 is 19.7 Å². The molecule has 2 fully saturated rings. The van der Waals surface area contributed by atoms with Crippen molar-refractivity contribution in [2.45, 2.75) is 31.8 Å². The van der Waals surface area contributed by atoms with E-state index >= 15 is 0 Å². The van der Waals surface area contributed by atoms with Gasteiger partial charge in [0.2, 0.25) is 0 Å². The van der Waals surface area contributed by atoms with Crippen LogP contribution in [0, 0.1) is 0 Å². The molecule has 0 aliphatic carbocycles. The van der Waals surface area contributed by atoms with Gasteiger partial charge in [0.25, 0.3) is 0 Å². The minimum absolute atomic E-state index is 0.238. The van der Waals surface area contributed by atoms with Crippen molar-refractivity contribution in [3.63, 3.8) is 0 Å². The Morgan fingerprint density at radius 3 is 2.83 bits per heavy atom. The summed E-state index contributed by atoms with van der Waals surface area (Å²) >= 11 is 0. The predicted octanol–water partition coefficient (Wildman–Crippen LogP) is -0.734. The van der Waals surface area contributed by atoms with Gasteiger partial charge in [-0.2, -0.15) is 4.98 Å². The Morgan fingerprint density at radius 2 is 2.21 bits per heavy atom. The van der Waals surface area contributed by atoms with E-state index in [0.29, 0.717) is 19.0 Å². The second-order valence-corrected chi connectivity index (χ2v) is 5.85. The third kappa shape index (κ3) is 3.64. The van der Waals surface area contributed by atoms with E-state index in [2.05, 4.69) is 14.9 Å². The van der Waals surface area contributed by atoms with Gasteiger partial charge in [0.05, 0.1) is 25.9 Å². The number of morpholine rings is 1. The first-order chi connectivity index (χ1) is 11.6. The monoisotopic (exact) mass is 338 g/mol. The van der Waals surface area contributed by atoms with Gasteiger partial charge in [-0.25, -0.2) is 9.79 Å². The van der Waals surface area contributed by atoms with Crippen LogP contribution in [-0.2, 0) is 9.47 Å². The fraction of sp³-hybridized carbons (Fsp3) is 0.667. The van der Waals surface area contributed by atoms with Gasteiger partial charge in [-0.1, -0.05) is 0 Å². The number of hydrogen-bond donors (Lipinski definition) is 2. The minimum Gasteiger partial charge on any atom is -0.394 e. The lowest BCUT2D eigenvalue weighted by Gasteiger charge is -2.28. The van der Waals surface area contributed by atoms with E-state index in [4.69, 9.17) is 14.6 Å². The second-order valence-electron chi connectivity index (χ2n) is 5.85. The summed E-state index contributed by atoms with van der Waals surface area (Å²) in [6, 6.07) is 1.63. The summed E-state index contributed by atoms with van der Waals surface area (Å²) < 4.78 is 12.1. The van der Waals surface area contributed by atoms with Crippen LogP contribution in [0.2, 0.25) is 0 Å². The Hall–Kier alpha value is -1.81. The Morgan fingerprint density at radius 1 is 1.46 bits per heavy atom. The number of nitrogens with zero attached hydrogens (tertiary/aromatic N) is 4. The van der Waals surface area contributed by atoms with Gasteiger partial charge in [-0.15, -0.1) is 0 Å². The molecule has 2 aliphatic rings. The van der Waals surface area contributed by atoms with E-state index in [1.54, 1.807) is 12.3 Å². The molecule has 9 nitrogen and oxygen atoms in total. The molecular formula is C15H22N4O5. The molecule has 2 N–H and O–H groups in total. The molecule has 3 rings (SSSR count). The van der Waals surface area contributed by atoms with E-state index in [1.165, 1.54) is 4.57 Å². The van der Waals surface area contributed by atoms with E-state index in [-0.39, 0.29) is 13.0 Å². The number of aliphatic imine (C=N–C) groups is 1. The predicted molar refractivity (Wildman–Crippen MR) is 85.3 cm³/mol. The summed E-state index contributed by atoms with van der Waals surface area (Å²) in [5.74, 6) is 1.12. The second kappa shape index (κ2) is 7.39. The fourth-order valence-corrected chi connectivity index (χ4v) is 2.86. The SMILES string of the molecule is CC(=Nc1ccn([C@H]2C[C@H](O)[C@@H](CO)O2)c(=O)n1)N1CCOCC1. The van der Waals surface area contributed by atoms with Gasteiger partial charge >= 0.3 is 5.69 Å². The number of rotatable bonds is 3. The molecule has 24 heavy (non-hydrogen) atoms. The van der Waals surface area contributed by atoms with Gasteiger partial charge < -0.3 is 24.6 Å². The maximum absolute atomic E-state index is 12.2.